The molecule has 0 aliphatic carbocycles. The van der Waals surface area contributed by atoms with Crippen LogP contribution in [0, 0.1) is 0 Å². The van der Waals surface area contributed by atoms with Crippen LogP contribution in [0.1, 0.15) is 6.92 Å². The first-order valence-corrected chi connectivity index (χ1v) is 6.71. The molecule has 106 valence electrons. The van der Waals surface area contributed by atoms with Crippen molar-refractivity contribution in [3.05, 3.63) is 12.4 Å². The van der Waals surface area contributed by atoms with Gasteiger partial charge in [0.1, 0.15) is 0 Å². The van der Waals surface area contributed by atoms with Crippen LogP contribution in [-0.4, -0.2) is 76.5 Å². The minimum atomic E-state index is -0.0653. The smallest absolute Gasteiger partial charge is 0.237 e. The number of carbonyl (C=O) groups is 1. The van der Waals surface area contributed by atoms with Crippen LogP contribution in [0.4, 0.5) is 0 Å². The first-order valence-electron chi connectivity index (χ1n) is 6.71. The predicted molar refractivity (Wildman–Crippen MR) is 71.6 cm³/mol. The third kappa shape index (κ3) is 4.00. The SMILES string of the molecule is CC(C(=O)NCCn1ccnn1)N1CCN(C)CC1. The van der Waals surface area contributed by atoms with Gasteiger partial charge < -0.3 is 10.2 Å². The molecule has 7 nitrogen and oxygen atoms in total. The zero-order valence-corrected chi connectivity index (χ0v) is 11.6. The third-order valence-corrected chi connectivity index (χ3v) is 3.58. The van der Waals surface area contributed by atoms with E-state index in [-0.39, 0.29) is 11.9 Å². The van der Waals surface area contributed by atoms with Crippen molar-refractivity contribution in [1.29, 1.82) is 0 Å². The summed E-state index contributed by atoms with van der Waals surface area (Å²) >= 11 is 0. The zero-order valence-electron chi connectivity index (χ0n) is 11.6. The van der Waals surface area contributed by atoms with E-state index in [1.54, 1.807) is 17.1 Å². The molecule has 7 heteroatoms. The molecule has 1 amide bonds. The Bertz CT molecular complexity index is 385. The molecule has 1 aromatic rings. The van der Waals surface area contributed by atoms with E-state index in [4.69, 9.17) is 0 Å². The maximum absolute atomic E-state index is 12.0. The highest BCUT2D eigenvalue weighted by molar-refractivity contribution is 5.81. The Morgan fingerprint density at radius 1 is 1.37 bits per heavy atom. The Balaban J connectivity index is 1.70. The van der Waals surface area contributed by atoms with Crippen LogP contribution in [0.5, 0.6) is 0 Å². The summed E-state index contributed by atoms with van der Waals surface area (Å²) in [5.74, 6) is 0.0877. The fourth-order valence-corrected chi connectivity index (χ4v) is 2.17. The quantitative estimate of drug-likeness (QED) is 0.743. The minimum absolute atomic E-state index is 0.0653. The highest BCUT2D eigenvalue weighted by Gasteiger charge is 2.23. The lowest BCUT2D eigenvalue weighted by molar-refractivity contribution is -0.126. The molecule has 19 heavy (non-hydrogen) atoms. The molecule has 0 spiro atoms. The number of rotatable bonds is 5. The van der Waals surface area contributed by atoms with Gasteiger partial charge in [-0.15, -0.1) is 5.10 Å². The summed E-state index contributed by atoms with van der Waals surface area (Å²) in [6.45, 7) is 7.16. The second kappa shape index (κ2) is 6.63. The largest absolute Gasteiger partial charge is 0.353 e. The van der Waals surface area contributed by atoms with Crippen LogP contribution in [0.2, 0.25) is 0 Å². The van der Waals surface area contributed by atoms with E-state index in [1.807, 2.05) is 6.92 Å². The molecule has 1 aliphatic rings. The molecule has 1 fully saturated rings. The van der Waals surface area contributed by atoms with Crippen molar-refractivity contribution in [1.82, 2.24) is 30.1 Å². The average molecular weight is 266 g/mol. The Morgan fingerprint density at radius 3 is 2.74 bits per heavy atom. The zero-order chi connectivity index (χ0) is 13.7. The van der Waals surface area contributed by atoms with Crippen LogP contribution in [0.25, 0.3) is 0 Å². The van der Waals surface area contributed by atoms with Gasteiger partial charge in [0.05, 0.1) is 18.8 Å². The highest BCUT2D eigenvalue weighted by Crippen LogP contribution is 2.04. The third-order valence-electron chi connectivity index (χ3n) is 3.58. The molecular weight excluding hydrogens is 244 g/mol. The molecular formula is C12H22N6O. The van der Waals surface area contributed by atoms with Crippen molar-refractivity contribution in [3.63, 3.8) is 0 Å². The number of hydrogen-bond acceptors (Lipinski definition) is 5. The molecule has 0 radical (unpaired) electrons. The van der Waals surface area contributed by atoms with Gasteiger partial charge in [-0.05, 0) is 14.0 Å². The standard InChI is InChI=1S/C12H22N6O/c1-11(17-9-7-16(2)8-10-17)12(19)13-3-5-18-6-4-14-15-18/h4,6,11H,3,5,7-10H2,1-2H3,(H,13,19). The van der Waals surface area contributed by atoms with Crippen molar-refractivity contribution in [2.45, 2.75) is 19.5 Å². The van der Waals surface area contributed by atoms with Gasteiger partial charge in [-0.1, -0.05) is 5.21 Å². The Hall–Kier alpha value is -1.47. The van der Waals surface area contributed by atoms with Gasteiger partial charge in [0.15, 0.2) is 0 Å². The average Bonchev–Trinajstić information content (AvgIpc) is 2.92. The Morgan fingerprint density at radius 2 is 2.11 bits per heavy atom. The predicted octanol–water partition coefficient (Wildman–Crippen LogP) is -0.970. The topological polar surface area (TPSA) is 66.3 Å². The number of carbonyl (C=O) groups excluding carboxylic acids is 1. The summed E-state index contributed by atoms with van der Waals surface area (Å²) in [5, 5.41) is 10.5. The van der Waals surface area contributed by atoms with Gasteiger partial charge >= 0.3 is 0 Å². The van der Waals surface area contributed by atoms with Gasteiger partial charge in [-0.3, -0.25) is 14.4 Å². The molecule has 1 aliphatic heterocycles. The van der Waals surface area contributed by atoms with E-state index in [0.29, 0.717) is 13.1 Å². The summed E-state index contributed by atoms with van der Waals surface area (Å²) in [5.41, 5.74) is 0. The van der Waals surface area contributed by atoms with E-state index in [1.165, 1.54) is 0 Å². The molecule has 1 N–H and O–H groups in total. The van der Waals surface area contributed by atoms with Crippen LogP contribution >= 0.6 is 0 Å². The van der Waals surface area contributed by atoms with Gasteiger partial charge in [0.25, 0.3) is 0 Å². The maximum atomic E-state index is 12.0. The van der Waals surface area contributed by atoms with E-state index < -0.39 is 0 Å². The molecule has 2 rings (SSSR count). The van der Waals surface area contributed by atoms with Gasteiger partial charge in [0.2, 0.25) is 5.91 Å². The van der Waals surface area contributed by atoms with Gasteiger partial charge in [-0.25, -0.2) is 0 Å². The number of piperazine rings is 1. The minimum Gasteiger partial charge on any atom is -0.353 e. The van der Waals surface area contributed by atoms with Crippen LogP contribution < -0.4 is 5.32 Å². The van der Waals surface area contributed by atoms with Crippen LogP contribution in [0.3, 0.4) is 0 Å². The van der Waals surface area contributed by atoms with Crippen molar-refractivity contribution < 1.29 is 4.79 Å². The van der Waals surface area contributed by atoms with Crippen LogP contribution in [0.15, 0.2) is 12.4 Å². The molecule has 0 saturated carbocycles. The lowest BCUT2D eigenvalue weighted by Gasteiger charge is -2.35. The summed E-state index contributed by atoms with van der Waals surface area (Å²) in [7, 11) is 2.11. The molecule has 0 bridgehead atoms. The molecule has 1 unspecified atom stereocenters. The maximum Gasteiger partial charge on any atom is 0.237 e. The first kappa shape index (κ1) is 14.0. The molecule has 1 atom stereocenters. The van der Waals surface area contributed by atoms with E-state index in [2.05, 4.69) is 32.5 Å². The Kier molecular flexibility index (Phi) is 4.86. The number of nitrogens with one attached hydrogen (secondary N) is 1. The van der Waals surface area contributed by atoms with Crippen molar-refractivity contribution in [2.75, 3.05) is 39.8 Å². The summed E-state index contributed by atoms with van der Waals surface area (Å²) in [4.78, 5) is 16.6. The summed E-state index contributed by atoms with van der Waals surface area (Å²) < 4.78 is 1.71. The number of amides is 1. The number of hydrogen-bond donors (Lipinski definition) is 1. The monoisotopic (exact) mass is 266 g/mol. The molecule has 2 heterocycles. The van der Waals surface area contributed by atoms with E-state index >= 15 is 0 Å². The number of aromatic nitrogens is 3. The van der Waals surface area contributed by atoms with E-state index in [0.717, 1.165) is 26.2 Å². The van der Waals surface area contributed by atoms with E-state index in [9.17, 15) is 4.79 Å². The number of nitrogens with zero attached hydrogens (tertiary/aromatic N) is 5. The van der Waals surface area contributed by atoms with Crippen molar-refractivity contribution >= 4 is 5.91 Å². The normalized spacial score (nSPS) is 19.3. The summed E-state index contributed by atoms with van der Waals surface area (Å²) in [6, 6.07) is -0.0653. The molecule has 0 aromatic carbocycles. The highest BCUT2D eigenvalue weighted by atomic mass is 16.2. The van der Waals surface area contributed by atoms with Gasteiger partial charge in [0, 0.05) is 38.9 Å². The second-order valence-corrected chi connectivity index (χ2v) is 4.97. The van der Waals surface area contributed by atoms with Gasteiger partial charge in [-0.2, -0.15) is 0 Å². The van der Waals surface area contributed by atoms with Crippen molar-refractivity contribution in [2.24, 2.45) is 0 Å². The fourth-order valence-electron chi connectivity index (χ4n) is 2.17. The lowest BCUT2D eigenvalue weighted by Crippen LogP contribution is -2.53. The fraction of sp³-hybridized carbons (Fsp3) is 0.750. The lowest BCUT2D eigenvalue weighted by atomic mass is 10.2. The summed E-state index contributed by atoms with van der Waals surface area (Å²) in [6.07, 6.45) is 3.42. The van der Waals surface area contributed by atoms with Crippen LogP contribution in [-0.2, 0) is 11.3 Å². The first-order chi connectivity index (χ1) is 9.16. The molecule has 1 aromatic heterocycles. The number of likely N-dealkylation sites (N-methyl/N-ethyl adjacent to an activating group) is 1. The molecule has 1 saturated heterocycles. The van der Waals surface area contributed by atoms with Crippen molar-refractivity contribution in [3.8, 4) is 0 Å². The second-order valence-electron chi connectivity index (χ2n) is 4.97. The Labute approximate surface area is 113 Å².